The van der Waals surface area contributed by atoms with Crippen LogP contribution in [0.15, 0.2) is 72.8 Å². The first-order valence-corrected chi connectivity index (χ1v) is 12.1. The van der Waals surface area contributed by atoms with Gasteiger partial charge in [0.15, 0.2) is 0 Å². The number of rotatable bonds is 9. The first-order valence-electron chi connectivity index (χ1n) is 11.4. The maximum Gasteiger partial charge on any atom is 0.243 e. The fourth-order valence-electron chi connectivity index (χ4n) is 3.83. The van der Waals surface area contributed by atoms with E-state index in [2.05, 4.69) is 5.32 Å². The Hall–Kier alpha value is -2.82. The van der Waals surface area contributed by atoms with Gasteiger partial charge in [0.25, 0.3) is 0 Å². The monoisotopic (exact) mass is 496 g/mol. The summed E-state index contributed by atoms with van der Waals surface area (Å²) >= 11 is 12.2. The van der Waals surface area contributed by atoms with Gasteiger partial charge in [-0.05, 0) is 55.2 Å². The lowest BCUT2D eigenvalue weighted by atomic mass is 10.00. The van der Waals surface area contributed by atoms with E-state index < -0.39 is 6.04 Å². The summed E-state index contributed by atoms with van der Waals surface area (Å²) in [7, 11) is 0. The van der Waals surface area contributed by atoms with E-state index in [9.17, 15) is 9.59 Å². The van der Waals surface area contributed by atoms with Crippen molar-refractivity contribution < 1.29 is 9.59 Å². The van der Waals surface area contributed by atoms with Crippen LogP contribution >= 0.6 is 23.2 Å². The Morgan fingerprint density at radius 1 is 0.882 bits per heavy atom. The van der Waals surface area contributed by atoms with Crippen LogP contribution in [0.2, 0.25) is 10.0 Å². The zero-order chi connectivity index (χ0) is 24.7. The molecule has 3 aromatic carbocycles. The molecule has 0 radical (unpaired) electrons. The summed E-state index contributed by atoms with van der Waals surface area (Å²) in [6.07, 6.45) is 0.529. The van der Waals surface area contributed by atoms with Crippen LogP contribution in [-0.4, -0.2) is 28.8 Å². The van der Waals surface area contributed by atoms with Crippen LogP contribution in [0.1, 0.15) is 36.1 Å². The maximum absolute atomic E-state index is 13.7. The zero-order valence-electron chi connectivity index (χ0n) is 19.7. The zero-order valence-corrected chi connectivity index (χ0v) is 21.2. The molecule has 178 valence electrons. The molecule has 0 aromatic heterocycles. The second kappa shape index (κ2) is 12.0. The molecule has 0 saturated carbocycles. The number of aryl methyl sites for hydroxylation is 1. The van der Waals surface area contributed by atoms with Crippen molar-refractivity contribution >= 4 is 35.0 Å². The summed E-state index contributed by atoms with van der Waals surface area (Å²) in [5.74, 6) is -0.323. The summed E-state index contributed by atoms with van der Waals surface area (Å²) in [6, 6.07) is 22.2. The maximum atomic E-state index is 13.7. The average molecular weight is 497 g/mol. The van der Waals surface area contributed by atoms with Crippen LogP contribution in [-0.2, 0) is 29.0 Å². The lowest BCUT2D eigenvalue weighted by Gasteiger charge is -2.32. The summed E-state index contributed by atoms with van der Waals surface area (Å²) in [5, 5.41) is 3.84. The fraction of sp³-hybridized carbons (Fsp3) is 0.286. The normalized spacial score (nSPS) is 11.8. The number of nitrogens with zero attached hydrogens (tertiary/aromatic N) is 1. The van der Waals surface area contributed by atoms with E-state index in [1.165, 1.54) is 0 Å². The minimum atomic E-state index is -0.667. The van der Waals surface area contributed by atoms with Crippen LogP contribution in [0, 0.1) is 6.92 Å². The van der Waals surface area contributed by atoms with E-state index >= 15 is 0 Å². The van der Waals surface area contributed by atoms with Crippen molar-refractivity contribution in [3.63, 3.8) is 0 Å². The lowest BCUT2D eigenvalue weighted by Crippen LogP contribution is -2.52. The van der Waals surface area contributed by atoms with Crippen LogP contribution < -0.4 is 5.32 Å². The van der Waals surface area contributed by atoms with Gasteiger partial charge in [0.2, 0.25) is 11.8 Å². The third-order valence-electron chi connectivity index (χ3n) is 5.64. The molecule has 2 amide bonds. The van der Waals surface area contributed by atoms with Gasteiger partial charge in [-0.15, -0.1) is 0 Å². The predicted octanol–water partition coefficient (Wildman–Crippen LogP) is 6.01. The first kappa shape index (κ1) is 25.8. The molecule has 1 N–H and O–H groups in total. The standard InChI is InChI=1S/C28H30Cl2N2O2/c1-19(2)31-28(34)26(16-21-10-5-4-6-11-21)32(18-23-12-8-7-9-20(23)3)27(33)17-22-13-14-24(29)25(30)15-22/h4-15,19,26H,16-18H2,1-3H3,(H,31,34). The highest BCUT2D eigenvalue weighted by Gasteiger charge is 2.31. The quantitative estimate of drug-likeness (QED) is 0.394. The van der Waals surface area contributed by atoms with E-state index in [1.54, 1.807) is 23.1 Å². The van der Waals surface area contributed by atoms with Crippen LogP contribution in [0.25, 0.3) is 0 Å². The number of benzene rings is 3. The van der Waals surface area contributed by atoms with Crippen molar-refractivity contribution in [2.45, 2.75) is 52.2 Å². The molecule has 3 aromatic rings. The second-order valence-electron chi connectivity index (χ2n) is 8.74. The van der Waals surface area contributed by atoms with Crippen molar-refractivity contribution in [3.8, 4) is 0 Å². The highest BCUT2D eigenvalue weighted by atomic mass is 35.5. The summed E-state index contributed by atoms with van der Waals surface area (Å²) in [5.41, 5.74) is 3.80. The van der Waals surface area contributed by atoms with Gasteiger partial charge < -0.3 is 10.2 Å². The first-order chi connectivity index (χ1) is 16.2. The number of carbonyl (C=O) groups excluding carboxylic acids is 2. The molecular formula is C28H30Cl2N2O2. The molecule has 0 heterocycles. The van der Waals surface area contributed by atoms with Gasteiger partial charge in [0, 0.05) is 19.0 Å². The molecule has 1 unspecified atom stereocenters. The summed E-state index contributed by atoms with van der Waals surface area (Å²) < 4.78 is 0. The topological polar surface area (TPSA) is 49.4 Å². The lowest BCUT2D eigenvalue weighted by molar-refractivity contribution is -0.141. The van der Waals surface area contributed by atoms with Crippen LogP contribution in [0.5, 0.6) is 0 Å². The Morgan fingerprint density at radius 2 is 1.56 bits per heavy atom. The molecule has 0 aliphatic heterocycles. The SMILES string of the molecule is Cc1ccccc1CN(C(=O)Cc1ccc(Cl)c(Cl)c1)C(Cc1ccccc1)C(=O)NC(C)C. The van der Waals surface area contributed by atoms with E-state index in [4.69, 9.17) is 23.2 Å². The average Bonchev–Trinajstić information content (AvgIpc) is 2.80. The second-order valence-corrected chi connectivity index (χ2v) is 9.56. The molecule has 4 nitrogen and oxygen atoms in total. The highest BCUT2D eigenvalue weighted by Crippen LogP contribution is 2.24. The number of hydrogen-bond donors (Lipinski definition) is 1. The highest BCUT2D eigenvalue weighted by molar-refractivity contribution is 6.42. The number of amides is 2. The molecule has 6 heteroatoms. The molecule has 0 aliphatic carbocycles. The van der Waals surface area contributed by atoms with E-state index in [1.807, 2.05) is 75.4 Å². The van der Waals surface area contributed by atoms with Crippen molar-refractivity contribution in [3.05, 3.63) is 105 Å². The molecule has 34 heavy (non-hydrogen) atoms. The van der Waals surface area contributed by atoms with Gasteiger partial charge in [0.05, 0.1) is 16.5 Å². The molecule has 1 atom stereocenters. The minimum Gasteiger partial charge on any atom is -0.352 e. The number of carbonyl (C=O) groups is 2. The van der Waals surface area contributed by atoms with Gasteiger partial charge in [-0.1, -0.05) is 83.9 Å². The van der Waals surface area contributed by atoms with Crippen molar-refractivity contribution in [1.82, 2.24) is 10.2 Å². The largest absolute Gasteiger partial charge is 0.352 e. The van der Waals surface area contributed by atoms with Gasteiger partial charge in [-0.25, -0.2) is 0 Å². The van der Waals surface area contributed by atoms with Gasteiger partial charge in [-0.3, -0.25) is 9.59 Å². The van der Waals surface area contributed by atoms with Crippen molar-refractivity contribution in [2.24, 2.45) is 0 Å². The van der Waals surface area contributed by atoms with Gasteiger partial charge >= 0.3 is 0 Å². The third-order valence-corrected chi connectivity index (χ3v) is 6.38. The molecule has 0 bridgehead atoms. The number of halogens is 2. The summed E-state index contributed by atoms with van der Waals surface area (Å²) in [6.45, 7) is 6.18. The smallest absolute Gasteiger partial charge is 0.243 e. The van der Waals surface area contributed by atoms with Crippen LogP contribution in [0.4, 0.5) is 0 Å². The molecule has 0 spiro atoms. The van der Waals surface area contributed by atoms with Crippen LogP contribution in [0.3, 0.4) is 0 Å². The molecule has 3 rings (SSSR count). The van der Waals surface area contributed by atoms with Crippen molar-refractivity contribution in [2.75, 3.05) is 0 Å². The minimum absolute atomic E-state index is 0.0451. The molecule has 0 saturated heterocycles. The summed E-state index contributed by atoms with van der Waals surface area (Å²) in [4.78, 5) is 28.8. The van der Waals surface area contributed by atoms with Gasteiger partial charge in [-0.2, -0.15) is 0 Å². The Morgan fingerprint density at radius 3 is 2.21 bits per heavy atom. The van der Waals surface area contributed by atoms with Crippen molar-refractivity contribution in [1.29, 1.82) is 0 Å². The molecule has 0 aliphatic rings. The molecule has 0 fully saturated rings. The fourth-order valence-corrected chi connectivity index (χ4v) is 4.15. The van der Waals surface area contributed by atoms with E-state index in [0.29, 0.717) is 23.0 Å². The van der Waals surface area contributed by atoms with E-state index in [-0.39, 0.29) is 24.3 Å². The number of nitrogens with one attached hydrogen (secondary N) is 1. The third kappa shape index (κ3) is 7.09. The Kier molecular flexibility index (Phi) is 9.14. The Balaban J connectivity index is 1.99. The Bertz CT molecular complexity index is 1130. The van der Waals surface area contributed by atoms with E-state index in [0.717, 1.165) is 22.3 Å². The Labute approximate surface area is 211 Å². The predicted molar refractivity (Wildman–Crippen MR) is 139 cm³/mol. The van der Waals surface area contributed by atoms with Gasteiger partial charge in [0.1, 0.15) is 6.04 Å². The number of hydrogen-bond acceptors (Lipinski definition) is 2. The molecular weight excluding hydrogens is 467 g/mol.